The summed E-state index contributed by atoms with van der Waals surface area (Å²) in [6.07, 6.45) is -7.21. The number of halogens is 3. The maximum Gasteiger partial charge on any atom is 0.390 e. The summed E-state index contributed by atoms with van der Waals surface area (Å²) in [7, 11) is -3.65. The Labute approximate surface area is 119 Å². The fourth-order valence-electron chi connectivity index (χ4n) is 2.48. The number of carbonyl (C=O) groups excluding carboxylic acids is 1. The minimum atomic E-state index is -4.95. The number of hydrogen-bond donors (Lipinski definition) is 1. The van der Waals surface area contributed by atoms with E-state index in [1.165, 1.54) is 6.92 Å². The minimum Gasteiger partial charge on any atom is -0.480 e. The number of carboxylic acids is 1. The number of hydrogen-bond acceptors (Lipinski definition) is 5. The molecule has 0 amide bonds. The second-order valence-corrected chi connectivity index (χ2v) is 7.12. The lowest BCUT2D eigenvalue weighted by atomic mass is 9.72. The molecular formula is C11H15F3O6S. The van der Waals surface area contributed by atoms with Crippen molar-refractivity contribution in [2.75, 3.05) is 18.1 Å². The van der Waals surface area contributed by atoms with Gasteiger partial charge in [0.05, 0.1) is 24.5 Å². The number of aliphatic carboxylic acids is 1. The van der Waals surface area contributed by atoms with Crippen molar-refractivity contribution in [1.82, 2.24) is 0 Å². The summed E-state index contributed by atoms with van der Waals surface area (Å²) in [6, 6.07) is 0. The first-order valence-corrected chi connectivity index (χ1v) is 7.94. The van der Waals surface area contributed by atoms with Crippen molar-refractivity contribution < 1.29 is 41.0 Å². The Morgan fingerprint density at radius 1 is 1.33 bits per heavy atom. The molecule has 2 atom stereocenters. The van der Waals surface area contributed by atoms with E-state index in [2.05, 4.69) is 4.74 Å². The summed E-state index contributed by atoms with van der Waals surface area (Å²) in [6.45, 7) is 1.02. The van der Waals surface area contributed by atoms with E-state index in [1.54, 1.807) is 0 Å². The van der Waals surface area contributed by atoms with Gasteiger partial charge in [0.15, 0.2) is 15.3 Å². The quantitative estimate of drug-likeness (QED) is 0.596. The average molecular weight is 332 g/mol. The molecule has 1 aliphatic heterocycles. The Balaban J connectivity index is 3.31. The normalized spacial score (nSPS) is 24.3. The number of rotatable bonds is 5. The molecule has 0 bridgehead atoms. The van der Waals surface area contributed by atoms with Crippen LogP contribution in [0.25, 0.3) is 0 Å². The molecule has 1 fully saturated rings. The third-order valence-electron chi connectivity index (χ3n) is 3.43. The third kappa shape index (κ3) is 3.86. The molecule has 1 heterocycles. The van der Waals surface area contributed by atoms with Gasteiger partial charge in [0.2, 0.25) is 0 Å². The number of carbonyl (C=O) groups is 2. The Kier molecular flexibility index (Phi) is 4.91. The molecular weight excluding hydrogens is 317 g/mol. The maximum atomic E-state index is 12.7. The van der Waals surface area contributed by atoms with E-state index >= 15 is 0 Å². The van der Waals surface area contributed by atoms with E-state index in [1.807, 2.05) is 0 Å². The van der Waals surface area contributed by atoms with Gasteiger partial charge in [0, 0.05) is 5.92 Å². The van der Waals surface area contributed by atoms with Crippen molar-refractivity contribution >= 4 is 21.8 Å². The summed E-state index contributed by atoms with van der Waals surface area (Å²) < 4.78 is 65.6. The van der Waals surface area contributed by atoms with Crippen LogP contribution in [0.3, 0.4) is 0 Å². The largest absolute Gasteiger partial charge is 0.480 e. The van der Waals surface area contributed by atoms with Gasteiger partial charge >= 0.3 is 18.1 Å². The molecule has 0 spiro atoms. The van der Waals surface area contributed by atoms with Crippen LogP contribution in [0.5, 0.6) is 0 Å². The predicted molar refractivity (Wildman–Crippen MR) is 64.1 cm³/mol. The van der Waals surface area contributed by atoms with E-state index in [0.29, 0.717) is 0 Å². The average Bonchev–Trinajstić information content (AvgIpc) is 2.65. The molecule has 1 N–H and O–H groups in total. The first-order valence-electron chi connectivity index (χ1n) is 6.12. The number of esters is 1. The van der Waals surface area contributed by atoms with Gasteiger partial charge in [-0.15, -0.1) is 0 Å². The summed E-state index contributed by atoms with van der Waals surface area (Å²) >= 11 is 0. The summed E-state index contributed by atoms with van der Waals surface area (Å²) in [5, 5.41) is 9.22. The Morgan fingerprint density at radius 2 is 1.90 bits per heavy atom. The number of alkyl halides is 3. The van der Waals surface area contributed by atoms with Crippen molar-refractivity contribution in [2.45, 2.75) is 25.9 Å². The molecule has 122 valence electrons. The van der Waals surface area contributed by atoms with E-state index < -0.39 is 57.2 Å². The summed E-state index contributed by atoms with van der Waals surface area (Å²) in [5.41, 5.74) is -2.92. The molecule has 1 rings (SSSR count). The zero-order valence-corrected chi connectivity index (χ0v) is 12.0. The lowest BCUT2D eigenvalue weighted by Crippen LogP contribution is -2.50. The predicted octanol–water partition coefficient (Wildman–Crippen LogP) is 1.01. The summed E-state index contributed by atoms with van der Waals surface area (Å²) in [5.74, 6) is -6.23. The molecule has 10 heteroatoms. The molecule has 1 aliphatic rings. The highest BCUT2D eigenvalue weighted by molar-refractivity contribution is 7.91. The summed E-state index contributed by atoms with van der Waals surface area (Å²) in [4.78, 5) is 23.3. The van der Waals surface area contributed by atoms with Crippen LogP contribution in [-0.4, -0.2) is 49.8 Å². The first kappa shape index (κ1) is 17.7. The van der Waals surface area contributed by atoms with E-state index in [-0.39, 0.29) is 13.0 Å². The fraction of sp³-hybridized carbons (Fsp3) is 0.818. The molecule has 0 radical (unpaired) electrons. The Morgan fingerprint density at radius 3 is 2.24 bits per heavy atom. The van der Waals surface area contributed by atoms with Gasteiger partial charge in [-0.3, -0.25) is 9.59 Å². The third-order valence-corrected chi connectivity index (χ3v) is 5.20. The molecule has 0 saturated carbocycles. The molecule has 0 aromatic rings. The van der Waals surface area contributed by atoms with Crippen molar-refractivity contribution in [2.24, 2.45) is 11.3 Å². The van der Waals surface area contributed by atoms with Crippen molar-refractivity contribution in [1.29, 1.82) is 0 Å². The van der Waals surface area contributed by atoms with Crippen molar-refractivity contribution in [3.63, 3.8) is 0 Å². The van der Waals surface area contributed by atoms with Crippen molar-refractivity contribution in [3.05, 3.63) is 0 Å². The highest BCUT2D eigenvalue weighted by Crippen LogP contribution is 2.45. The number of carboxylic acid groups (broad SMARTS) is 1. The van der Waals surface area contributed by atoms with Crippen LogP contribution in [0.15, 0.2) is 0 Å². The van der Waals surface area contributed by atoms with Gasteiger partial charge in [-0.1, -0.05) is 0 Å². The topological polar surface area (TPSA) is 97.7 Å². The molecule has 6 nitrogen and oxygen atoms in total. The fourth-order valence-corrected chi connectivity index (χ4v) is 4.35. The van der Waals surface area contributed by atoms with Crippen LogP contribution >= 0.6 is 0 Å². The van der Waals surface area contributed by atoms with Gasteiger partial charge in [-0.05, 0) is 13.3 Å². The lowest BCUT2D eigenvalue weighted by Gasteiger charge is -2.32. The highest BCUT2D eigenvalue weighted by atomic mass is 32.2. The van der Waals surface area contributed by atoms with Gasteiger partial charge < -0.3 is 9.84 Å². The van der Waals surface area contributed by atoms with E-state index in [9.17, 15) is 36.3 Å². The first-order chi connectivity index (χ1) is 9.44. The van der Waals surface area contributed by atoms with Crippen LogP contribution in [0.4, 0.5) is 13.2 Å². The lowest BCUT2D eigenvalue weighted by molar-refractivity contribution is -0.199. The maximum absolute atomic E-state index is 12.7. The minimum absolute atomic E-state index is 0.300. The molecule has 21 heavy (non-hydrogen) atoms. The van der Waals surface area contributed by atoms with Crippen LogP contribution in [0, 0.1) is 11.3 Å². The standard InChI is InChI=1S/C11H15F3O6S/c1-2-20-9(17)10(8(15)16,6-11(12,13)14)7-3-4-21(18,19)5-7/h7H,2-6H2,1H3,(H,15,16). The Bertz CT molecular complexity index is 527. The van der Waals surface area contributed by atoms with Crippen molar-refractivity contribution in [3.8, 4) is 0 Å². The SMILES string of the molecule is CCOC(=O)C(CC(F)(F)F)(C(=O)O)C1CCS(=O)(=O)C1. The number of sulfone groups is 1. The molecule has 0 aromatic carbocycles. The smallest absolute Gasteiger partial charge is 0.390 e. The van der Waals surface area contributed by atoms with E-state index in [0.717, 1.165) is 0 Å². The van der Waals surface area contributed by atoms with Crippen LogP contribution in [0.1, 0.15) is 19.8 Å². The molecule has 0 aromatic heterocycles. The Hall–Kier alpha value is -1.32. The van der Waals surface area contributed by atoms with Crippen LogP contribution in [-0.2, 0) is 24.2 Å². The van der Waals surface area contributed by atoms with Gasteiger partial charge in [-0.2, -0.15) is 13.2 Å². The highest BCUT2D eigenvalue weighted by Gasteiger charge is 2.61. The van der Waals surface area contributed by atoms with E-state index in [4.69, 9.17) is 0 Å². The van der Waals surface area contributed by atoms with Gasteiger partial charge in [0.1, 0.15) is 0 Å². The molecule has 1 saturated heterocycles. The molecule has 2 unspecified atom stereocenters. The van der Waals surface area contributed by atoms with Crippen LogP contribution in [0.2, 0.25) is 0 Å². The second-order valence-electron chi connectivity index (χ2n) is 4.89. The monoisotopic (exact) mass is 332 g/mol. The van der Waals surface area contributed by atoms with Gasteiger partial charge in [-0.25, -0.2) is 8.42 Å². The molecule has 0 aliphatic carbocycles. The zero-order chi connectivity index (χ0) is 16.5. The van der Waals surface area contributed by atoms with Gasteiger partial charge in [0.25, 0.3) is 0 Å². The second kappa shape index (κ2) is 5.82. The van der Waals surface area contributed by atoms with Crippen LogP contribution < -0.4 is 0 Å². The number of ether oxygens (including phenoxy) is 1. The zero-order valence-electron chi connectivity index (χ0n) is 11.1.